The van der Waals surface area contributed by atoms with Gasteiger partial charge in [0.15, 0.2) is 0 Å². The summed E-state index contributed by atoms with van der Waals surface area (Å²) in [5.41, 5.74) is 19.0. The Bertz CT molecular complexity index is 3750. The number of fused-ring (bicyclic) bond motifs is 7. The molecule has 1 aliphatic rings. The second kappa shape index (κ2) is 15.8. The largest absolute Gasteiger partial charge is 0.455 e. The van der Waals surface area contributed by atoms with E-state index in [1.165, 1.54) is 60.8 Å². The Kier molecular flexibility index (Phi) is 9.11. The summed E-state index contributed by atoms with van der Waals surface area (Å²) in [6, 6.07) is 95.0. The van der Waals surface area contributed by atoms with Gasteiger partial charge in [0.2, 0.25) is 0 Å². The van der Waals surface area contributed by atoms with Crippen molar-refractivity contribution >= 4 is 49.8 Å². The van der Waals surface area contributed by atoms with E-state index in [4.69, 9.17) is 4.42 Å². The van der Waals surface area contributed by atoms with Crippen LogP contribution in [-0.4, -0.2) is 0 Å². The molecule has 2 nitrogen and oxygen atoms in total. The molecule has 0 saturated heterocycles. The van der Waals surface area contributed by atoms with E-state index in [-0.39, 0.29) is 0 Å². The van der Waals surface area contributed by atoms with Gasteiger partial charge in [0.25, 0.3) is 0 Å². The smallest absolute Gasteiger partial charge is 0.143 e. The molecule has 1 aliphatic carbocycles. The van der Waals surface area contributed by atoms with Crippen molar-refractivity contribution in [3.63, 3.8) is 0 Å². The zero-order chi connectivity index (χ0) is 44.3. The van der Waals surface area contributed by atoms with E-state index in [1.54, 1.807) is 0 Å². The summed E-state index contributed by atoms with van der Waals surface area (Å²) in [6.07, 6.45) is 0. The third-order valence-corrected chi connectivity index (χ3v) is 14.0. The van der Waals surface area contributed by atoms with E-state index in [0.29, 0.717) is 0 Å². The second-order valence-electron chi connectivity index (χ2n) is 17.6. The number of hydrogen-bond donors (Lipinski definition) is 0. The third-order valence-electron chi connectivity index (χ3n) is 14.0. The number of para-hydroxylation sites is 2. The molecule has 0 aliphatic heterocycles. The second-order valence-corrected chi connectivity index (χ2v) is 17.6. The van der Waals surface area contributed by atoms with Gasteiger partial charge < -0.3 is 9.32 Å². The molecule has 11 aromatic carbocycles. The zero-order valence-corrected chi connectivity index (χ0v) is 36.7. The molecule has 1 aromatic heterocycles. The van der Waals surface area contributed by atoms with Gasteiger partial charge in [-0.3, -0.25) is 0 Å². The summed E-state index contributed by atoms with van der Waals surface area (Å²) in [7, 11) is 0. The fourth-order valence-electron chi connectivity index (χ4n) is 10.9. The monoisotopic (exact) mass is 853 g/mol. The van der Waals surface area contributed by atoms with Crippen molar-refractivity contribution in [3.05, 3.63) is 283 Å². The maximum absolute atomic E-state index is 6.50. The summed E-state index contributed by atoms with van der Waals surface area (Å²) >= 11 is 0. The summed E-state index contributed by atoms with van der Waals surface area (Å²) in [6.45, 7) is 0. The molecule has 2 heteroatoms. The number of furan rings is 1. The average Bonchev–Trinajstić information content (AvgIpc) is 3.93. The molecule has 0 saturated carbocycles. The van der Waals surface area contributed by atoms with E-state index < -0.39 is 5.41 Å². The molecule has 0 bridgehead atoms. The normalized spacial score (nSPS) is 12.6. The van der Waals surface area contributed by atoms with Crippen LogP contribution in [-0.2, 0) is 5.41 Å². The van der Waals surface area contributed by atoms with Gasteiger partial charge >= 0.3 is 0 Å². The van der Waals surface area contributed by atoms with E-state index in [0.717, 1.165) is 55.7 Å². The standard InChI is InChI=1S/C65H43NO/c1-3-20-49(21-4-1)65(50-22-5-2-6-23-50)61-30-11-9-25-57(61)58-41-40-53(43-62(58)65)66(52-38-34-46(35-39-52)56-28-15-29-60-59-26-10-12-31-63(59)67-64(56)60)51-36-32-44(33-37-51)47-18-13-19-48(42-47)55-27-14-17-45-16-7-8-24-54(45)55/h1-43H. The number of hydrogen-bond acceptors (Lipinski definition) is 2. The van der Waals surface area contributed by atoms with Crippen LogP contribution in [0.1, 0.15) is 22.3 Å². The maximum Gasteiger partial charge on any atom is 0.143 e. The summed E-state index contributed by atoms with van der Waals surface area (Å²) in [5.74, 6) is 0. The lowest BCUT2D eigenvalue weighted by Gasteiger charge is -2.35. The van der Waals surface area contributed by atoms with Crippen LogP contribution in [0.2, 0.25) is 0 Å². The van der Waals surface area contributed by atoms with E-state index >= 15 is 0 Å². The summed E-state index contributed by atoms with van der Waals surface area (Å²) in [4.78, 5) is 2.41. The molecule has 0 spiro atoms. The van der Waals surface area contributed by atoms with Gasteiger partial charge in [0.1, 0.15) is 11.2 Å². The SMILES string of the molecule is c1ccc(C2(c3ccccc3)c3ccccc3-c3ccc(N(c4ccc(-c5cccc(-c6cccc7ccccc67)c5)cc4)c4ccc(-c5cccc6c5oc5ccccc56)cc4)cc32)cc1. The number of nitrogens with zero attached hydrogens (tertiary/aromatic N) is 1. The highest BCUT2D eigenvalue weighted by Crippen LogP contribution is 2.57. The van der Waals surface area contributed by atoms with Gasteiger partial charge in [0, 0.05) is 33.4 Å². The highest BCUT2D eigenvalue weighted by atomic mass is 16.3. The van der Waals surface area contributed by atoms with Gasteiger partial charge in [-0.05, 0) is 121 Å². The molecule has 0 fully saturated rings. The first-order valence-electron chi connectivity index (χ1n) is 23.1. The Hall–Kier alpha value is -8.72. The van der Waals surface area contributed by atoms with Crippen molar-refractivity contribution in [1.29, 1.82) is 0 Å². The molecule has 1 heterocycles. The minimum Gasteiger partial charge on any atom is -0.455 e. The third kappa shape index (κ3) is 6.26. The number of benzene rings is 11. The first kappa shape index (κ1) is 38.7. The molecule has 314 valence electrons. The summed E-state index contributed by atoms with van der Waals surface area (Å²) in [5, 5.41) is 4.76. The Morgan fingerprint density at radius 3 is 1.61 bits per heavy atom. The molecular formula is C65H43NO. The van der Waals surface area contributed by atoms with Crippen molar-refractivity contribution in [3.8, 4) is 44.5 Å². The lowest BCUT2D eigenvalue weighted by Crippen LogP contribution is -2.28. The molecule has 13 rings (SSSR count). The van der Waals surface area contributed by atoms with E-state index in [2.05, 4.69) is 254 Å². The molecular weight excluding hydrogens is 811 g/mol. The average molecular weight is 854 g/mol. The molecule has 0 N–H and O–H groups in total. The first-order chi connectivity index (χ1) is 33.2. The Balaban J connectivity index is 0.966. The number of anilines is 3. The predicted octanol–water partition coefficient (Wildman–Crippen LogP) is 17.6. The molecule has 0 atom stereocenters. The van der Waals surface area contributed by atoms with Crippen molar-refractivity contribution in [2.75, 3.05) is 4.90 Å². The van der Waals surface area contributed by atoms with Crippen LogP contribution in [0.5, 0.6) is 0 Å². The molecule has 12 aromatic rings. The van der Waals surface area contributed by atoms with Crippen LogP contribution < -0.4 is 4.90 Å². The summed E-state index contributed by atoms with van der Waals surface area (Å²) < 4.78 is 6.50. The predicted molar refractivity (Wildman–Crippen MR) is 280 cm³/mol. The van der Waals surface area contributed by atoms with Crippen LogP contribution >= 0.6 is 0 Å². The quantitative estimate of drug-likeness (QED) is 0.151. The highest BCUT2D eigenvalue weighted by Gasteiger charge is 2.46. The Morgan fingerprint density at radius 1 is 0.299 bits per heavy atom. The Labute approximate surface area is 390 Å². The van der Waals surface area contributed by atoms with Gasteiger partial charge in [-0.15, -0.1) is 0 Å². The highest BCUT2D eigenvalue weighted by molar-refractivity contribution is 6.09. The van der Waals surface area contributed by atoms with E-state index in [1.807, 2.05) is 12.1 Å². The van der Waals surface area contributed by atoms with E-state index in [9.17, 15) is 0 Å². The molecule has 0 unspecified atom stereocenters. The van der Waals surface area contributed by atoms with Crippen molar-refractivity contribution in [1.82, 2.24) is 0 Å². The van der Waals surface area contributed by atoms with Crippen LogP contribution in [0.3, 0.4) is 0 Å². The lowest BCUT2D eigenvalue weighted by atomic mass is 9.67. The maximum atomic E-state index is 6.50. The van der Waals surface area contributed by atoms with Crippen molar-refractivity contribution < 1.29 is 4.42 Å². The van der Waals surface area contributed by atoms with Crippen LogP contribution in [0.4, 0.5) is 17.1 Å². The van der Waals surface area contributed by atoms with Gasteiger partial charge in [-0.1, -0.05) is 212 Å². The van der Waals surface area contributed by atoms with Gasteiger partial charge in [0.05, 0.1) is 5.41 Å². The van der Waals surface area contributed by atoms with Gasteiger partial charge in [-0.2, -0.15) is 0 Å². The van der Waals surface area contributed by atoms with Crippen molar-refractivity contribution in [2.45, 2.75) is 5.41 Å². The fourth-order valence-corrected chi connectivity index (χ4v) is 10.9. The zero-order valence-electron chi connectivity index (χ0n) is 36.7. The minimum absolute atomic E-state index is 0.524. The van der Waals surface area contributed by atoms with Crippen LogP contribution in [0.25, 0.3) is 77.2 Å². The number of rotatable bonds is 8. The molecule has 67 heavy (non-hydrogen) atoms. The first-order valence-corrected chi connectivity index (χ1v) is 23.1. The van der Waals surface area contributed by atoms with Crippen LogP contribution in [0.15, 0.2) is 265 Å². The Morgan fingerprint density at radius 2 is 0.836 bits per heavy atom. The van der Waals surface area contributed by atoms with Gasteiger partial charge in [-0.25, -0.2) is 0 Å². The minimum atomic E-state index is -0.524. The fraction of sp³-hybridized carbons (Fsp3) is 0.0154. The molecule has 0 radical (unpaired) electrons. The van der Waals surface area contributed by atoms with Crippen LogP contribution in [0, 0.1) is 0 Å². The molecule has 0 amide bonds. The van der Waals surface area contributed by atoms with Crippen molar-refractivity contribution in [2.24, 2.45) is 0 Å². The lowest BCUT2D eigenvalue weighted by molar-refractivity contribution is 0.670. The topological polar surface area (TPSA) is 16.4 Å².